The van der Waals surface area contributed by atoms with E-state index in [-0.39, 0.29) is 17.9 Å². The van der Waals surface area contributed by atoms with Crippen LogP contribution in [-0.2, 0) is 20.9 Å². The van der Waals surface area contributed by atoms with Crippen LogP contribution in [0, 0.1) is 5.92 Å². The van der Waals surface area contributed by atoms with Crippen molar-refractivity contribution in [3.8, 4) is 0 Å². The molecule has 0 bridgehead atoms. The number of carboxylic acid groups (broad SMARTS) is 1. The summed E-state index contributed by atoms with van der Waals surface area (Å²) in [6, 6.07) is 7.38. The van der Waals surface area contributed by atoms with Gasteiger partial charge in [0.05, 0.1) is 18.6 Å². The van der Waals surface area contributed by atoms with Crippen LogP contribution in [0.1, 0.15) is 24.5 Å². The Morgan fingerprint density at radius 3 is 2.67 bits per heavy atom. The second-order valence-corrected chi connectivity index (χ2v) is 5.21. The molecule has 2 rings (SSSR count). The van der Waals surface area contributed by atoms with Crippen LogP contribution >= 0.6 is 0 Å². The molecule has 1 saturated heterocycles. The molecule has 0 aliphatic carbocycles. The fourth-order valence-electron chi connectivity index (χ4n) is 2.25. The largest absolute Gasteiger partial charge is 0.478 e. The molecule has 2 N–H and O–H groups in total. The summed E-state index contributed by atoms with van der Waals surface area (Å²) in [5.41, 5.74) is 1.79. The van der Waals surface area contributed by atoms with Gasteiger partial charge >= 0.3 is 5.97 Å². The summed E-state index contributed by atoms with van der Waals surface area (Å²) in [4.78, 5) is 22.4. The van der Waals surface area contributed by atoms with Crippen LogP contribution in [0.3, 0.4) is 0 Å². The molecule has 0 radical (unpaired) electrons. The Morgan fingerprint density at radius 2 is 2.10 bits per heavy atom. The molecule has 1 amide bonds. The molecular weight excluding hydrogens is 270 g/mol. The molecule has 2 atom stereocenters. The van der Waals surface area contributed by atoms with Gasteiger partial charge in [-0.15, -0.1) is 0 Å². The Bertz CT molecular complexity index is 536. The number of hydrogen-bond donors (Lipinski definition) is 2. The number of benzene rings is 1. The lowest BCUT2D eigenvalue weighted by Gasteiger charge is -2.09. The number of carboxylic acids is 1. The third kappa shape index (κ3) is 4.72. The van der Waals surface area contributed by atoms with E-state index in [0.29, 0.717) is 13.2 Å². The third-order valence-corrected chi connectivity index (χ3v) is 3.43. The van der Waals surface area contributed by atoms with Gasteiger partial charge in [0, 0.05) is 12.6 Å². The van der Waals surface area contributed by atoms with Crippen LogP contribution in [0.4, 0.5) is 0 Å². The third-order valence-electron chi connectivity index (χ3n) is 3.43. The Kier molecular flexibility index (Phi) is 5.11. The molecule has 0 saturated carbocycles. The molecule has 0 aromatic heterocycles. The van der Waals surface area contributed by atoms with Gasteiger partial charge in [-0.3, -0.25) is 4.79 Å². The van der Waals surface area contributed by atoms with E-state index in [9.17, 15) is 9.59 Å². The minimum absolute atomic E-state index is 0.0224. The Labute approximate surface area is 123 Å². The Hall–Kier alpha value is -2.14. The van der Waals surface area contributed by atoms with E-state index in [4.69, 9.17) is 9.84 Å². The Morgan fingerprint density at radius 1 is 1.38 bits per heavy atom. The van der Waals surface area contributed by atoms with Crippen molar-refractivity contribution in [3.05, 3.63) is 41.5 Å². The molecule has 5 heteroatoms. The van der Waals surface area contributed by atoms with E-state index in [1.165, 1.54) is 6.08 Å². The van der Waals surface area contributed by atoms with Crippen LogP contribution in [-0.4, -0.2) is 29.7 Å². The predicted octanol–water partition coefficient (Wildman–Crippen LogP) is 1.83. The first kappa shape index (κ1) is 15.3. The van der Waals surface area contributed by atoms with Crippen molar-refractivity contribution in [2.75, 3.05) is 6.61 Å². The van der Waals surface area contributed by atoms with Gasteiger partial charge in [0.15, 0.2) is 0 Å². The summed E-state index contributed by atoms with van der Waals surface area (Å²) in [6.07, 6.45) is 3.55. The SMILES string of the molecule is CC1CC(C(=O)NCc2ccc(/C=C/C(=O)O)cc2)CO1. The van der Waals surface area contributed by atoms with E-state index in [1.807, 2.05) is 31.2 Å². The van der Waals surface area contributed by atoms with Gasteiger partial charge in [-0.1, -0.05) is 24.3 Å². The second-order valence-electron chi connectivity index (χ2n) is 5.21. The highest BCUT2D eigenvalue weighted by molar-refractivity contribution is 5.85. The monoisotopic (exact) mass is 289 g/mol. The van der Waals surface area contributed by atoms with Crippen molar-refractivity contribution in [2.45, 2.75) is 26.0 Å². The molecule has 1 aromatic carbocycles. The van der Waals surface area contributed by atoms with E-state index in [0.717, 1.165) is 23.6 Å². The molecular formula is C16H19NO4. The molecule has 2 unspecified atom stereocenters. The van der Waals surface area contributed by atoms with Gasteiger partial charge < -0.3 is 15.2 Å². The molecule has 1 heterocycles. The topological polar surface area (TPSA) is 75.6 Å². The first-order valence-corrected chi connectivity index (χ1v) is 6.94. The van der Waals surface area contributed by atoms with Crippen LogP contribution in [0.15, 0.2) is 30.3 Å². The number of rotatable bonds is 5. The lowest BCUT2D eigenvalue weighted by Crippen LogP contribution is -2.30. The first-order chi connectivity index (χ1) is 10.0. The molecule has 21 heavy (non-hydrogen) atoms. The van der Waals surface area contributed by atoms with Crippen molar-refractivity contribution in [1.29, 1.82) is 0 Å². The molecule has 112 valence electrons. The zero-order valence-electron chi connectivity index (χ0n) is 11.9. The fourth-order valence-corrected chi connectivity index (χ4v) is 2.25. The van der Waals surface area contributed by atoms with Crippen molar-refractivity contribution >= 4 is 18.0 Å². The Balaban J connectivity index is 1.83. The predicted molar refractivity (Wildman–Crippen MR) is 78.5 cm³/mol. The van der Waals surface area contributed by atoms with Gasteiger partial charge in [-0.25, -0.2) is 4.79 Å². The molecule has 0 spiro atoms. The van der Waals surface area contributed by atoms with Crippen molar-refractivity contribution in [2.24, 2.45) is 5.92 Å². The zero-order chi connectivity index (χ0) is 15.2. The van der Waals surface area contributed by atoms with Crippen LogP contribution in [0.5, 0.6) is 0 Å². The minimum atomic E-state index is -0.973. The van der Waals surface area contributed by atoms with Gasteiger partial charge in [-0.05, 0) is 30.5 Å². The maximum atomic E-state index is 11.9. The molecule has 1 aliphatic rings. The quantitative estimate of drug-likeness (QED) is 0.811. The summed E-state index contributed by atoms with van der Waals surface area (Å²) < 4.78 is 5.38. The molecule has 1 fully saturated rings. The lowest BCUT2D eigenvalue weighted by molar-refractivity contribution is -0.131. The number of aliphatic carboxylic acids is 1. The van der Waals surface area contributed by atoms with Gasteiger partial charge in [0.2, 0.25) is 5.91 Å². The van der Waals surface area contributed by atoms with Crippen LogP contribution in [0.25, 0.3) is 6.08 Å². The summed E-state index contributed by atoms with van der Waals surface area (Å²) >= 11 is 0. The van der Waals surface area contributed by atoms with Crippen molar-refractivity contribution in [3.63, 3.8) is 0 Å². The smallest absolute Gasteiger partial charge is 0.328 e. The average molecular weight is 289 g/mol. The molecule has 5 nitrogen and oxygen atoms in total. The van der Waals surface area contributed by atoms with E-state index < -0.39 is 5.97 Å². The summed E-state index contributed by atoms with van der Waals surface area (Å²) in [5, 5.41) is 11.5. The molecule has 1 aromatic rings. The highest BCUT2D eigenvalue weighted by atomic mass is 16.5. The fraction of sp³-hybridized carbons (Fsp3) is 0.375. The summed E-state index contributed by atoms with van der Waals surface area (Å²) in [5.74, 6) is -1.01. The van der Waals surface area contributed by atoms with Gasteiger partial charge in [0.25, 0.3) is 0 Å². The number of ether oxygens (including phenoxy) is 1. The van der Waals surface area contributed by atoms with Crippen molar-refractivity contribution < 1.29 is 19.4 Å². The maximum absolute atomic E-state index is 11.9. The van der Waals surface area contributed by atoms with Gasteiger partial charge in [0.1, 0.15) is 0 Å². The number of hydrogen-bond acceptors (Lipinski definition) is 3. The highest BCUT2D eigenvalue weighted by Crippen LogP contribution is 2.19. The standard InChI is InChI=1S/C16H19NO4/c1-11-8-14(10-21-11)16(20)17-9-13-4-2-12(3-5-13)6-7-15(18)19/h2-7,11,14H,8-10H2,1H3,(H,17,20)(H,18,19)/b7-6+. The normalized spacial score (nSPS) is 21.6. The van der Waals surface area contributed by atoms with E-state index in [1.54, 1.807) is 0 Å². The maximum Gasteiger partial charge on any atom is 0.328 e. The summed E-state index contributed by atoms with van der Waals surface area (Å²) in [7, 11) is 0. The second kappa shape index (κ2) is 7.04. The van der Waals surface area contributed by atoms with E-state index in [2.05, 4.69) is 5.32 Å². The first-order valence-electron chi connectivity index (χ1n) is 6.94. The minimum Gasteiger partial charge on any atom is -0.478 e. The number of carbonyl (C=O) groups excluding carboxylic acids is 1. The highest BCUT2D eigenvalue weighted by Gasteiger charge is 2.27. The number of amides is 1. The van der Waals surface area contributed by atoms with Gasteiger partial charge in [-0.2, -0.15) is 0 Å². The number of nitrogens with one attached hydrogen (secondary N) is 1. The van der Waals surface area contributed by atoms with Crippen LogP contribution < -0.4 is 5.32 Å². The van der Waals surface area contributed by atoms with E-state index >= 15 is 0 Å². The van der Waals surface area contributed by atoms with Crippen molar-refractivity contribution in [1.82, 2.24) is 5.32 Å². The zero-order valence-corrected chi connectivity index (χ0v) is 11.9. The summed E-state index contributed by atoms with van der Waals surface area (Å²) in [6.45, 7) is 2.93. The average Bonchev–Trinajstić information content (AvgIpc) is 2.90. The van der Waals surface area contributed by atoms with Crippen LogP contribution in [0.2, 0.25) is 0 Å². The molecule has 1 aliphatic heterocycles. The number of carbonyl (C=O) groups is 2. The lowest BCUT2D eigenvalue weighted by atomic mass is 10.1.